The van der Waals surface area contributed by atoms with E-state index >= 15 is 0 Å². The van der Waals surface area contributed by atoms with E-state index in [-0.39, 0.29) is 5.76 Å². The second kappa shape index (κ2) is 8.48. The Labute approximate surface area is 197 Å². The third-order valence-corrected chi connectivity index (χ3v) is 6.11. The van der Waals surface area contributed by atoms with Crippen LogP contribution >= 0.6 is 31.9 Å². The van der Waals surface area contributed by atoms with Crippen LogP contribution in [-0.2, 0) is 0 Å². The molecule has 1 N–H and O–H groups in total. The first-order valence-corrected chi connectivity index (χ1v) is 11.3. The first kappa shape index (κ1) is 21.6. The second-order valence-electron chi connectivity index (χ2n) is 7.62. The third kappa shape index (κ3) is 4.38. The van der Waals surface area contributed by atoms with E-state index in [2.05, 4.69) is 92.0 Å². The highest BCUT2D eigenvalue weighted by Crippen LogP contribution is 2.31. The lowest BCUT2D eigenvalue weighted by Crippen LogP contribution is -2.16. The molecule has 2 heterocycles. The smallest absolute Gasteiger partial charge is 0.307 e. The van der Waals surface area contributed by atoms with Crippen LogP contribution in [0.25, 0.3) is 16.7 Å². The molecule has 0 saturated carbocycles. The number of hydrazone groups is 1. The minimum Gasteiger partial charge on any atom is -0.450 e. The fourth-order valence-corrected chi connectivity index (χ4v) is 5.14. The number of halogens is 2. The van der Waals surface area contributed by atoms with Gasteiger partial charge in [0.1, 0.15) is 5.58 Å². The topological polar surface area (TPSA) is 59.5 Å². The summed E-state index contributed by atoms with van der Waals surface area (Å²) in [6.45, 7) is 8.29. The highest BCUT2D eigenvalue weighted by Gasteiger charge is 2.15. The summed E-state index contributed by atoms with van der Waals surface area (Å²) in [5, 5.41) is 4.98. The maximum absolute atomic E-state index is 12.5. The highest BCUT2D eigenvalue weighted by atomic mass is 79.9. The highest BCUT2D eigenvalue weighted by molar-refractivity contribution is 9.11. The third-order valence-electron chi connectivity index (χ3n) is 5.06. The van der Waals surface area contributed by atoms with Gasteiger partial charge in [-0.25, -0.2) is 5.43 Å². The number of carbonyl (C=O) groups is 1. The molecule has 0 aliphatic rings. The number of rotatable bonds is 4. The van der Waals surface area contributed by atoms with Gasteiger partial charge in [0, 0.05) is 32.5 Å². The summed E-state index contributed by atoms with van der Waals surface area (Å²) < 4.78 is 9.56. The van der Waals surface area contributed by atoms with Crippen molar-refractivity contribution in [1.29, 1.82) is 0 Å². The van der Waals surface area contributed by atoms with E-state index in [4.69, 9.17) is 4.42 Å². The van der Waals surface area contributed by atoms with Gasteiger partial charge in [-0.05, 0) is 91.1 Å². The molecular weight excluding hydrogens is 522 g/mol. The van der Waals surface area contributed by atoms with Crippen LogP contribution in [0.2, 0.25) is 0 Å². The zero-order valence-electron chi connectivity index (χ0n) is 17.6. The molecule has 0 radical (unpaired) electrons. The molecule has 4 rings (SSSR count). The normalized spacial score (nSPS) is 11.5. The van der Waals surface area contributed by atoms with Gasteiger partial charge in [0.15, 0.2) is 5.76 Å². The summed E-state index contributed by atoms with van der Waals surface area (Å²) in [7, 11) is 0. The molecule has 158 valence electrons. The van der Waals surface area contributed by atoms with Crippen molar-refractivity contribution in [2.24, 2.45) is 5.10 Å². The van der Waals surface area contributed by atoms with Gasteiger partial charge < -0.3 is 8.98 Å². The first-order chi connectivity index (χ1) is 14.7. The average molecular weight is 543 g/mol. The summed E-state index contributed by atoms with van der Waals surface area (Å²) >= 11 is 6.89. The molecule has 31 heavy (non-hydrogen) atoms. The SMILES string of the molecule is Cc1cc(C)cc(-n2c(C)cc(/C=N\NC(=O)c3cc4cc(Br)cc(Br)c4o3)c2C)c1. The van der Waals surface area contributed by atoms with Gasteiger partial charge in [-0.1, -0.05) is 22.0 Å². The maximum Gasteiger partial charge on any atom is 0.307 e. The Kier molecular flexibility index (Phi) is 5.90. The number of aryl methyl sites for hydroxylation is 3. The monoisotopic (exact) mass is 541 g/mol. The quantitative estimate of drug-likeness (QED) is 0.229. The van der Waals surface area contributed by atoms with Crippen LogP contribution < -0.4 is 5.43 Å². The summed E-state index contributed by atoms with van der Waals surface area (Å²) in [6.07, 6.45) is 1.66. The second-order valence-corrected chi connectivity index (χ2v) is 9.39. The van der Waals surface area contributed by atoms with Crippen LogP contribution in [0.5, 0.6) is 0 Å². The number of aromatic nitrogens is 1. The Morgan fingerprint density at radius 3 is 2.42 bits per heavy atom. The minimum atomic E-state index is -0.404. The van der Waals surface area contributed by atoms with Gasteiger partial charge in [0.2, 0.25) is 0 Å². The van der Waals surface area contributed by atoms with E-state index in [0.29, 0.717) is 5.58 Å². The van der Waals surface area contributed by atoms with Crippen molar-refractivity contribution in [3.63, 3.8) is 0 Å². The largest absolute Gasteiger partial charge is 0.450 e. The van der Waals surface area contributed by atoms with Crippen LogP contribution in [0.3, 0.4) is 0 Å². The average Bonchev–Trinajstić information content (AvgIpc) is 3.22. The Morgan fingerprint density at radius 2 is 1.71 bits per heavy atom. The summed E-state index contributed by atoms with van der Waals surface area (Å²) in [4.78, 5) is 12.5. The Balaban J connectivity index is 1.56. The number of furan rings is 1. The number of hydrogen-bond donors (Lipinski definition) is 1. The van der Waals surface area contributed by atoms with Crippen molar-refractivity contribution in [2.75, 3.05) is 0 Å². The predicted octanol–water partition coefficient (Wildman–Crippen LogP) is 6.75. The van der Waals surface area contributed by atoms with E-state index in [1.165, 1.54) is 11.1 Å². The fraction of sp³-hybridized carbons (Fsp3) is 0.167. The molecule has 0 bridgehead atoms. The van der Waals surface area contributed by atoms with Crippen molar-refractivity contribution in [1.82, 2.24) is 9.99 Å². The zero-order valence-corrected chi connectivity index (χ0v) is 20.8. The summed E-state index contributed by atoms with van der Waals surface area (Å²) in [5.41, 5.74) is 9.82. The van der Waals surface area contributed by atoms with E-state index in [1.807, 2.05) is 19.1 Å². The van der Waals surface area contributed by atoms with Gasteiger partial charge in [-0.15, -0.1) is 0 Å². The Hall–Kier alpha value is -2.64. The van der Waals surface area contributed by atoms with Crippen LogP contribution in [0.4, 0.5) is 0 Å². The Bertz CT molecular complexity index is 1330. The summed E-state index contributed by atoms with van der Waals surface area (Å²) in [6, 6.07) is 14.0. The van der Waals surface area contributed by atoms with E-state index in [1.54, 1.807) is 12.3 Å². The fourth-order valence-electron chi connectivity index (χ4n) is 3.80. The minimum absolute atomic E-state index is 0.201. The molecule has 7 heteroatoms. The van der Waals surface area contributed by atoms with Gasteiger partial charge >= 0.3 is 5.91 Å². The molecule has 0 unspecified atom stereocenters. The van der Waals surface area contributed by atoms with Crippen molar-refractivity contribution in [3.05, 3.63) is 85.2 Å². The van der Waals surface area contributed by atoms with Crippen molar-refractivity contribution < 1.29 is 9.21 Å². The molecule has 0 fully saturated rings. The molecule has 0 aliphatic heterocycles. The summed E-state index contributed by atoms with van der Waals surface area (Å²) in [5.74, 6) is -0.203. The number of benzene rings is 2. The molecule has 2 aromatic heterocycles. The van der Waals surface area contributed by atoms with E-state index in [9.17, 15) is 4.79 Å². The van der Waals surface area contributed by atoms with Crippen LogP contribution in [0.15, 0.2) is 60.9 Å². The number of fused-ring (bicyclic) bond motifs is 1. The number of nitrogens with zero attached hydrogens (tertiary/aromatic N) is 2. The van der Waals surface area contributed by atoms with Crippen molar-refractivity contribution in [3.8, 4) is 5.69 Å². The van der Waals surface area contributed by atoms with Crippen molar-refractivity contribution in [2.45, 2.75) is 27.7 Å². The van der Waals surface area contributed by atoms with Gasteiger partial charge in [-0.2, -0.15) is 5.10 Å². The number of hydrogen-bond acceptors (Lipinski definition) is 3. The van der Waals surface area contributed by atoms with Gasteiger partial charge in [0.05, 0.1) is 10.7 Å². The first-order valence-electron chi connectivity index (χ1n) is 9.72. The van der Waals surface area contributed by atoms with E-state index < -0.39 is 5.91 Å². The maximum atomic E-state index is 12.5. The van der Waals surface area contributed by atoms with Gasteiger partial charge in [-0.3, -0.25) is 4.79 Å². The standard InChI is InChI=1S/C24H21Br2N3O2/c1-13-5-14(2)7-20(6-13)29-15(3)8-18(16(29)4)12-27-28-24(30)22-10-17-9-19(25)11-21(26)23(17)31-22/h5-12H,1-4H3,(H,28,30)/b27-12-. The molecular formula is C24H21Br2N3O2. The lowest BCUT2D eigenvalue weighted by atomic mass is 10.1. The number of carbonyl (C=O) groups excluding carboxylic acids is 1. The molecule has 5 nitrogen and oxygen atoms in total. The van der Waals surface area contributed by atoms with Gasteiger partial charge in [0.25, 0.3) is 0 Å². The predicted molar refractivity (Wildman–Crippen MR) is 131 cm³/mol. The molecule has 0 atom stereocenters. The molecule has 1 amide bonds. The van der Waals surface area contributed by atoms with Crippen LogP contribution in [-0.4, -0.2) is 16.7 Å². The number of amides is 1. The lowest BCUT2D eigenvalue weighted by Gasteiger charge is -2.11. The molecule has 4 aromatic rings. The zero-order chi connectivity index (χ0) is 22.3. The lowest BCUT2D eigenvalue weighted by molar-refractivity contribution is 0.0929. The van der Waals surface area contributed by atoms with E-state index in [0.717, 1.165) is 37.0 Å². The molecule has 0 saturated heterocycles. The molecule has 2 aromatic carbocycles. The Morgan fingerprint density at radius 1 is 1.00 bits per heavy atom. The number of nitrogens with one attached hydrogen (secondary N) is 1. The molecule has 0 aliphatic carbocycles. The van der Waals surface area contributed by atoms with Crippen molar-refractivity contribution >= 4 is 55.0 Å². The van der Waals surface area contributed by atoms with Crippen LogP contribution in [0, 0.1) is 27.7 Å². The molecule has 0 spiro atoms. The van der Waals surface area contributed by atoms with Crippen LogP contribution in [0.1, 0.15) is 38.6 Å².